The van der Waals surface area contributed by atoms with Crippen molar-refractivity contribution in [3.63, 3.8) is 0 Å². The first kappa shape index (κ1) is 25.2. The van der Waals surface area contributed by atoms with Crippen LogP contribution in [0.5, 0.6) is 0 Å². The molecule has 39 heavy (non-hydrogen) atoms. The zero-order chi connectivity index (χ0) is 27.2. The Bertz CT molecular complexity index is 1650. The van der Waals surface area contributed by atoms with Gasteiger partial charge in [0.05, 0.1) is 16.5 Å². The van der Waals surface area contributed by atoms with Crippen molar-refractivity contribution in [1.82, 2.24) is 0 Å². The Hall–Kier alpha value is -4.04. The smallest absolute Gasteiger partial charge is 0.378 e. The summed E-state index contributed by atoms with van der Waals surface area (Å²) in [5.41, 5.74) is 3.38. The van der Waals surface area contributed by atoms with Crippen molar-refractivity contribution in [2.75, 3.05) is 10.0 Å². The molecule has 4 aromatic rings. The van der Waals surface area contributed by atoms with Crippen LogP contribution in [0.2, 0.25) is 0 Å². The highest BCUT2D eigenvalue weighted by atomic mass is 32.2. The van der Waals surface area contributed by atoms with Crippen molar-refractivity contribution >= 4 is 21.4 Å². The number of fused-ring (bicyclic) bond motifs is 3. The molecule has 0 saturated heterocycles. The van der Waals surface area contributed by atoms with Crippen molar-refractivity contribution in [3.8, 4) is 11.1 Å². The van der Waals surface area contributed by atoms with Gasteiger partial charge in [-0.2, -0.15) is 13.2 Å². The van der Waals surface area contributed by atoms with E-state index < -0.39 is 27.8 Å². The van der Waals surface area contributed by atoms with E-state index in [2.05, 4.69) is 10.0 Å². The summed E-state index contributed by atoms with van der Waals surface area (Å²) in [6, 6.07) is 26.8. The van der Waals surface area contributed by atoms with Crippen LogP contribution in [0.4, 0.5) is 24.5 Å². The summed E-state index contributed by atoms with van der Waals surface area (Å²) in [6.07, 6.45) is 0.0582. The molecule has 198 valence electrons. The molecule has 4 aromatic carbocycles. The van der Waals surface area contributed by atoms with Gasteiger partial charge >= 0.3 is 6.18 Å². The van der Waals surface area contributed by atoms with E-state index in [1.54, 1.807) is 30.3 Å². The Morgan fingerprint density at radius 2 is 1.49 bits per heavy atom. The Balaban J connectivity index is 1.29. The maximum absolute atomic E-state index is 13.8. The zero-order valence-electron chi connectivity index (χ0n) is 20.7. The normalized spacial score (nSPS) is 20.1. The van der Waals surface area contributed by atoms with Gasteiger partial charge in [0.1, 0.15) is 0 Å². The Kier molecular flexibility index (Phi) is 6.22. The first-order valence-electron chi connectivity index (χ1n) is 12.6. The molecule has 0 amide bonds. The largest absolute Gasteiger partial charge is 0.416 e. The molecule has 2 aliphatic rings. The third-order valence-corrected chi connectivity index (χ3v) is 8.87. The summed E-state index contributed by atoms with van der Waals surface area (Å²) in [7, 11) is -3.90. The standard InChI is InChI=1S/C31H25F3N2O2S/c32-31(33,34)28-12-5-4-9-26(28)30-25-11-6-10-24(25)27-19-23(17-18-29(27)35-30)39(37,38)36-22-15-13-21(14-16-22)20-7-2-1-3-8-20/h1-10,12-19,24-25,30,35-36H,11H2/t24-,25+,30-/m0/s1. The van der Waals surface area contributed by atoms with Gasteiger partial charge in [0.2, 0.25) is 0 Å². The van der Waals surface area contributed by atoms with E-state index in [1.165, 1.54) is 18.2 Å². The Morgan fingerprint density at radius 3 is 2.23 bits per heavy atom. The third kappa shape index (κ3) is 4.81. The topological polar surface area (TPSA) is 58.2 Å². The summed E-state index contributed by atoms with van der Waals surface area (Å²) in [6.45, 7) is 0. The second-order valence-corrected chi connectivity index (χ2v) is 11.5. The van der Waals surface area contributed by atoms with Crippen LogP contribution in [0.1, 0.15) is 35.1 Å². The monoisotopic (exact) mass is 546 g/mol. The lowest BCUT2D eigenvalue weighted by Gasteiger charge is -2.38. The molecule has 1 aliphatic carbocycles. The van der Waals surface area contributed by atoms with Crippen LogP contribution in [0.25, 0.3) is 11.1 Å². The van der Waals surface area contributed by atoms with E-state index in [1.807, 2.05) is 54.6 Å². The fourth-order valence-electron chi connectivity index (χ4n) is 5.65. The molecule has 8 heteroatoms. The predicted octanol–water partition coefficient (Wildman–Crippen LogP) is 8.00. The average Bonchev–Trinajstić information content (AvgIpc) is 3.43. The number of hydrogen-bond acceptors (Lipinski definition) is 3. The number of anilines is 2. The highest BCUT2D eigenvalue weighted by Gasteiger charge is 2.42. The molecule has 1 heterocycles. The number of hydrogen-bond donors (Lipinski definition) is 2. The lowest BCUT2D eigenvalue weighted by Crippen LogP contribution is -2.31. The van der Waals surface area contributed by atoms with Crippen molar-refractivity contribution < 1.29 is 21.6 Å². The lowest BCUT2D eigenvalue weighted by molar-refractivity contribution is -0.138. The van der Waals surface area contributed by atoms with E-state index in [0.717, 1.165) is 22.8 Å². The number of rotatable bonds is 5. The van der Waals surface area contributed by atoms with Gasteiger partial charge in [-0.25, -0.2) is 8.42 Å². The molecule has 6 rings (SSSR count). The van der Waals surface area contributed by atoms with Crippen LogP contribution >= 0.6 is 0 Å². The molecular weight excluding hydrogens is 521 g/mol. The predicted molar refractivity (Wildman–Crippen MR) is 147 cm³/mol. The van der Waals surface area contributed by atoms with E-state index >= 15 is 0 Å². The van der Waals surface area contributed by atoms with Gasteiger partial charge in [0, 0.05) is 17.3 Å². The highest BCUT2D eigenvalue weighted by molar-refractivity contribution is 7.92. The van der Waals surface area contributed by atoms with Crippen LogP contribution in [0.15, 0.2) is 114 Å². The van der Waals surface area contributed by atoms with Crippen LogP contribution in [0, 0.1) is 5.92 Å². The van der Waals surface area contributed by atoms with Crippen LogP contribution < -0.4 is 10.0 Å². The summed E-state index contributed by atoms with van der Waals surface area (Å²) in [5.74, 6) is -0.370. The fraction of sp³-hybridized carbons (Fsp3) is 0.161. The second kappa shape index (κ2) is 9.61. The Labute approximate surface area is 225 Å². The molecule has 0 unspecified atom stereocenters. The van der Waals surface area contributed by atoms with Crippen LogP contribution in [-0.4, -0.2) is 8.42 Å². The molecule has 2 N–H and O–H groups in total. The van der Waals surface area contributed by atoms with Crippen molar-refractivity contribution in [1.29, 1.82) is 0 Å². The minimum Gasteiger partial charge on any atom is -0.378 e. The van der Waals surface area contributed by atoms with E-state index in [-0.39, 0.29) is 22.3 Å². The molecule has 0 aromatic heterocycles. The first-order valence-corrected chi connectivity index (χ1v) is 14.1. The lowest BCUT2D eigenvalue weighted by atomic mass is 9.76. The summed E-state index contributed by atoms with van der Waals surface area (Å²) < 4.78 is 70.6. The number of halogens is 3. The third-order valence-electron chi connectivity index (χ3n) is 7.49. The molecule has 0 spiro atoms. The van der Waals surface area contributed by atoms with Gasteiger partial charge in [-0.15, -0.1) is 0 Å². The van der Waals surface area contributed by atoms with Gasteiger partial charge in [-0.05, 0) is 71.0 Å². The maximum atomic E-state index is 13.8. The van der Waals surface area contributed by atoms with Crippen molar-refractivity contribution in [2.24, 2.45) is 5.92 Å². The fourth-order valence-corrected chi connectivity index (χ4v) is 6.74. The number of sulfonamides is 1. The number of alkyl halides is 3. The highest BCUT2D eigenvalue weighted by Crippen LogP contribution is 2.51. The molecular formula is C31H25F3N2O2S. The summed E-state index contributed by atoms with van der Waals surface area (Å²) in [4.78, 5) is 0.100. The second-order valence-electron chi connectivity index (χ2n) is 9.86. The van der Waals surface area contributed by atoms with Gasteiger partial charge in [-0.3, -0.25) is 4.72 Å². The zero-order valence-corrected chi connectivity index (χ0v) is 21.5. The van der Waals surface area contributed by atoms with E-state index in [9.17, 15) is 21.6 Å². The molecule has 4 nitrogen and oxygen atoms in total. The minimum atomic E-state index is -4.47. The number of nitrogens with one attached hydrogen (secondary N) is 2. The van der Waals surface area contributed by atoms with Gasteiger partial charge < -0.3 is 5.32 Å². The van der Waals surface area contributed by atoms with E-state index in [0.29, 0.717) is 17.8 Å². The number of allylic oxidation sites excluding steroid dienone is 2. The summed E-state index contributed by atoms with van der Waals surface area (Å²) in [5, 5.41) is 3.29. The summed E-state index contributed by atoms with van der Waals surface area (Å²) >= 11 is 0. The van der Waals surface area contributed by atoms with Gasteiger partial charge in [0.25, 0.3) is 10.0 Å². The van der Waals surface area contributed by atoms with Crippen LogP contribution in [-0.2, 0) is 16.2 Å². The molecule has 0 bridgehead atoms. The Morgan fingerprint density at radius 1 is 0.795 bits per heavy atom. The van der Waals surface area contributed by atoms with Gasteiger partial charge in [0.15, 0.2) is 0 Å². The van der Waals surface area contributed by atoms with E-state index in [4.69, 9.17) is 0 Å². The molecule has 0 radical (unpaired) electrons. The molecule has 0 fully saturated rings. The van der Waals surface area contributed by atoms with Crippen LogP contribution in [0.3, 0.4) is 0 Å². The molecule has 1 aliphatic heterocycles. The van der Waals surface area contributed by atoms with Crippen molar-refractivity contribution in [2.45, 2.75) is 29.5 Å². The molecule has 3 atom stereocenters. The maximum Gasteiger partial charge on any atom is 0.416 e. The van der Waals surface area contributed by atoms with Crippen molar-refractivity contribution in [3.05, 3.63) is 126 Å². The SMILES string of the molecule is O=S(=O)(Nc1ccc(-c2ccccc2)cc1)c1ccc2c(c1)[C@H]1C=CC[C@H]1[C@@H](c1ccccc1C(F)(F)F)N2. The average molecular weight is 547 g/mol. The number of benzene rings is 4. The van der Waals surface area contributed by atoms with Gasteiger partial charge in [-0.1, -0.05) is 72.8 Å². The minimum absolute atomic E-state index is 0.100. The molecule has 0 saturated carbocycles. The first-order chi connectivity index (χ1) is 18.7. The quantitative estimate of drug-likeness (QED) is 0.249.